The molecule has 38 heavy (non-hydrogen) atoms. The summed E-state index contributed by atoms with van der Waals surface area (Å²) in [5.74, 6) is 0.281. The van der Waals surface area contributed by atoms with Crippen LogP contribution in [0.25, 0.3) is 16.8 Å². The van der Waals surface area contributed by atoms with Gasteiger partial charge in [-0.15, -0.1) is 0 Å². The summed E-state index contributed by atoms with van der Waals surface area (Å²) in [5, 5.41) is 2.37. The van der Waals surface area contributed by atoms with Crippen molar-refractivity contribution in [3.63, 3.8) is 0 Å². The van der Waals surface area contributed by atoms with Crippen LogP contribution in [0.1, 0.15) is 48.4 Å². The van der Waals surface area contributed by atoms with Crippen LogP contribution in [0.15, 0.2) is 103 Å². The number of carbonyl (C=O) groups excluding carboxylic acids is 1. The van der Waals surface area contributed by atoms with Gasteiger partial charge in [-0.3, -0.25) is 4.79 Å². The van der Waals surface area contributed by atoms with Gasteiger partial charge in [-0.05, 0) is 59.3 Å². The summed E-state index contributed by atoms with van der Waals surface area (Å²) in [6, 6.07) is 33.6. The highest BCUT2D eigenvalue weighted by molar-refractivity contribution is 7.71. The molecular weight excluding hydrogens is 485 g/mol. The van der Waals surface area contributed by atoms with Gasteiger partial charge in [0, 0.05) is 30.1 Å². The van der Waals surface area contributed by atoms with Crippen LogP contribution in [-0.4, -0.2) is 17.5 Å². The fraction of sp³-hybridized carbons (Fsp3) is 0.265. The van der Waals surface area contributed by atoms with Gasteiger partial charge in [0.2, 0.25) is 0 Å². The predicted octanol–water partition coefficient (Wildman–Crippen LogP) is 7.73. The third-order valence-electron chi connectivity index (χ3n) is 9.41. The van der Waals surface area contributed by atoms with Gasteiger partial charge in [0.15, 0.2) is 7.29 Å². The predicted molar refractivity (Wildman–Crippen MR) is 156 cm³/mol. The Kier molecular flexibility index (Phi) is 5.58. The zero-order valence-electron chi connectivity index (χ0n) is 21.7. The van der Waals surface area contributed by atoms with Crippen molar-refractivity contribution in [1.82, 2.24) is 4.67 Å². The van der Waals surface area contributed by atoms with Crippen molar-refractivity contribution < 1.29 is 9.36 Å². The van der Waals surface area contributed by atoms with Crippen molar-refractivity contribution >= 4 is 35.2 Å². The zero-order chi connectivity index (χ0) is 25.9. The van der Waals surface area contributed by atoms with E-state index >= 15 is 4.57 Å². The van der Waals surface area contributed by atoms with Crippen LogP contribution in [0, 0.1) is 11.8 Å². The summed E-state index contributed by atoms with van der Waals surface area (Å²) in [6.45, 7) is 0. The summed E-state index contributed by atoms with van der Waals surface area (Å²) < 4.78 is 18.8. The molecule has 0 spiro atoms. The molecule has 2 aliphatic carbocycles. The summed E-state index contributed by atoms with van der Waals surface area (Å²) in [6.07, 6.45) is 7.44. The average molecular weight is 518 g/mol. The Balaban J connectivity index is 1.62. The molecule has 7 rings (SSSR count). The largest absolute Gasteiger partial charge is 0.300 e. The maximum Gasteiger partial charge on any atom is 0.190 e. The van der Waals surface area contributed by atoms with E-state index in [1.165, 1.54) is 5.56 Å². The van der Waals surface area contributed by atoms with Crippen LogP contribution in [0.5, 0.6) is 0 Å². The number of nitrogens with zero attached hydrogens (tertiary/aromatic N) is 1. The van der Waals surface area contributed by atoms with E-state index in [0.717, 1.165) is 40.0 Å². The Morgan fingerprint density at radius 2 is 1.61 bits per heavy atom. The molecule has 4 aromatic rings. The topological polar surface area (TPSA) is 37.4 Å². The molecule has 3 aliphatic rings. The van der Waals surface area contributed by atoms with Crippen LogP contribution in [0.4, 0.5) is 0 Å². The van der Waals surface area contributed by atoms with E-state index in [9.17, 15) is 4.79 Å². The number of Topliss-reactive ketones (excluding diaryl/α,β-unsaturated/α-hetero) is 1. The molecule has 1 heterocycles. The number of rotatable bonds is 3. The van der Waals surface area contributed by atoms with Crippen LogP contribution in [0.3, 0.4) is 0 Å². The van der Waals surface area contributed by atoms with Crippen LogP contribution >= 0.6 is 7.29 Å². The van der Waals surface area contributed by atoms with Crippen LogP contribution < -0.4 is 5.30 Å². The number of carbonyl (C=O) groups is 1. The summed E-state index contributed by atoms with van der Waals surface area (Å²) in [4.78, 5) is 13.1. The van der Waals surface area contributed by atoms with Gasteiger partial charge < -0.3 is 4.57 Å². The van der Waals surface area contributed by atoms with E-state index in [1.54, 1.807) is 0 Å². The molecule has 190 valence electrons. The number of ketones is 1. The lowest BCUT2D eigenvalue weighted by atomic mass is 9.64. The fourth-order valence-corrected chi connectivity index (χ4v) is 12.6. The molecular formula is C34H32NO2P. The van der Waals surface area contributed by atoms with Crippen molar-refractivity contribution in [3.05, 3.63) is 120 Å². The fourth-order valence-electron chi connectivity index (χ4n) is 7.98. The van der Waals surface area contributed by atoms with Crippen molar-refractivity contribution in [2.45, 2.75) is 36.9 Å². The van der Waals surface area contributed by atoms with Gasteiger partial charge in [-0.2, -0.15) is 0 Å². The summed E-state index contributed by atoms with van der Waals surface area (Å²) in [7, 11) is -1.27. The van der Waals surface area contributed by atoms with Crippen molar-refractivity contribution in [1.29, 1.82) is 0 Å². The first kappa shape index (κ1) is 23.8. The lowest BCUT2D eigenvalue weighted by molar-refractivity contribution is -0.122. The standard InChI is InChI=1S/C34H32NO2P/c1-35-33(26-13-3-2-4-14-26)31-22-21-25-12-6-8-19-30(25)34(31,27-16-10-17-28(36)23-27)38(35,37)32-20-9-15-24-11-5-7-18-29(24)32/h2-9,11-15,18-22,27,31,33H,10,16-17,23H2,1H3/t27?,31-,33-,34+,38?/m0/s1. The molecule has 1 saturated heterocycles. The molecule has 0 N–H and O–H groups in total. The third-order valence-corrected chi connectivity index (χ3v) is 13.5. The second-order valence-corrected chi connectivity index (χ2v) is 14.1. The van der Waals surface area contributed by atoms with Gasteiger partial charge in [0.1, 0.15) is 5.78 Å². The number of fused-ring (bicyclic) bond motifs is 4. The number of benzene rings is 4. The van der Waals surface area contributed by atoms with Crippen molar-refractivity contribution in [2.24, 2.45) is 11.8 Å². The first-order valence-corrected chi connectivity index (χ1v) is 15.4. The van der Waals surface area contributed by atoms with Gasteiger partial charge in [0.25, 0.3) is 0 Å². The van der Waals surface area contributed by atoms with E-state index < -0.39 is 12.4 Å². The van der Waals surface area contributed by atoms with E-state index in [-0.39, 0.29) is 17.9 Å². The lowest BCUT2D eigenvalue weighted by Gasteiger charge is -2.49. The SMILES string of the molecule is CN1[C@@H](c2ccccc2)[C@@H]2C=Cc3ccccc3[C@@]2(C2CCCC(=O)C2)P1(=O)c1cccc2ccccc12. The average Bonchev–Trinajstić information content (AvgIpc) is 3.18. The normalized spacial score (nSPS) is 30.8. The Bertz CT molecular complexity index is 1620. The minimum atomic E-state index is -3.34. The first-order chi connectivity index (χ1) is 18.6. The zero-order valence-corrected chi connectivity index (χ0v) is 22.6. The maximum absolute atomic E-state index is 16.6. The molecule has 1 aliphatic heterocycles. The van der Waals surface area contributed by atoms with Gasteiger partial charge in [0.05, 0.1) is 5.16 Å². The third kappa shape index (κ3) is 3.12. The molecule has 3 nitrogen and oxygen atoms in total. The Hall–Kier alpha value is -3.26. The monoisotopic (exact) mass is 517 g/mol. The molecule has 2 unspecified atom stereocenters. The van der Waals surface area contributed by atoms with Gasteiger partial charge in [-0.25, -0.2) is 4.67 Å². The maximum atomic E-state index is 16.6. The molecule has 2 fully saturated rings. The van der Waals surface area contributed by atoms with Crippen LogP contribution in [-0.2, 0) is 14.5 Å². The molecule has 0 amide bonds. The molecule has 4 heteroatoms. The highest BCUT2D eigenvalue weighted by Crippen LogP contribution is 2.81. The Morgan fingerprint density at radius 3 is 2.45 bits per heavy atom. The first-order valence-electron chi connectivity index (χ1n) is 13.7. The number of hydrogen-bond acceptors (Lipinski definition) is 2. The van der Waals surface area contributed by atoms with Gasteiger partial charge >= 0.3 is 0 Å². The minimum absolute atomic E-state index is 0.000754. The van der Waals surface area contributed by atoms with Gasteiger partial charge in [-0.1, -0.05) is 103 Å². The molecule has 1 saturated carbocycles. The highest BCUT2D eigenvalue weighted by atomic mass is 31.2. The van der Waals surface area contributed by atoms with Crippen molar-refractivity contribution in [2.75, 3.05) is 7.05 Å². The minimum Gasteiger partial charge on any atom is -0.300 e. The van der Waals surface area contributed by atoms with E-state index in [1.807, 2.05) is 18.2 Å². The second kappa shape index (κ2) is 8.90. The molecule has 0 radical (unpaired) electrons. The van der Waals surface area contributed by atoms with Crippen LogP contribution in [0.2, 0.25) is 0 Å². The summed E-state index contributed by atoms with van der Waals surface area (Å²) >= 11 is 0. The lowest BCUT2D eigenvalue weighted by Crippen LogP contribution is -2.45. The smallest absolute Gasteiger partial charge is 0.190 e. The Labute approximate surface area is 224 Å². The molecule has 0 aromatic heterocycles. The van der Waals surface area contributed by atoms with Crippen molar-refractivity contribution in [3.8, 4) is 0 Å². The molecule has 0 bridgehead atoms. The van der Waals surface area contributed by atoms with E-state index in [2.05, 4.69) is 103 Å². The quantitative estimate of drug-likeness (QED) is 0.261. The highest BCUT2D eigenvalue weighted by Gasteiger charge is 2.70. The van der Waals surface area contributed by atoms with E-state index in [4.69, 9.17) is 0 Å². The van der Waals surface area contributed by atoms with E-state index in [0.29, 0.717) is 18.6 Å². The molecule has 5 atom stereocenters. The summed E-state index contributed by atoms with van der Waals surface area (Å²) in [5.41, 5.74) is 3.45. The molecule has 4 aromatic carbocycles. The Morgan fingerprint density at radius 1 is 0.868 bits per heavy atom. The second-order valence-electron chi connectivity index (χ2n) is 11.1. The number of hydrogen-bond donors (Lipinski definition) is 0.